The van der Waals surface area contributed by atoms with Crippen LogP contribution in [0.5, 0.6) is 0 Å². The molecule has 1 N–H and O–H groups in total. The van der Waals surface area contributed by atoms with Crippen LogP contribution in [0.3, 0.4) is 0 Å². The summed E-state index contributed by atoms with van der Waals surface area (Å²) in [4.78, 5) is 13.7. The summed E-state index contributed by atoms with van der Waals surface area (Å²) in [5.74, 6) is 1.17. The van der Waals surface area contributed by atoms with Crippen LogP contribution >= 0.6 is 0 Å². The molecule has 1 aromatic heterocycles. The lowest BCUT2D eigenvalue weighted by Gasteiger charge is -2.37. The third-order valence-electron chi connectivity index (χ3n) is 5.53. The van der Waals surface area contributed by atoms with Crippen molar-refractivity contribution in [3.8, 4) is 0 Å². The van der Waals surface area contributed by atoms with E-state index in [0.29, 0.717) is 13.2 Å². The molecule has 7 nitrogen and oxygen atoms in total. The number of hydrogen-bond donors (Lipinski definition) is 1. The Bertz CT molecular complexity index is 763. The summed E-state index contributed by atoms with van der Waals surface area (Å²) < 4.78 is 11.6. The molecular weight excluding hydrogens is 354 g/mol. The van der Waals surface area contributed by atoms with Crippen molar-refractivity contribution in [3.63, 3.8) is 0 Å². The van der Waals surface area contributed by atoms with Gasteiger partial charge in [0.25, 0.3) is 0 Å². The highest BCUT2D eigenvalue weighted by Gasteiger charge is 2.40. The third kappa shape index (κ3) is 4.05. The fraction of sp³-hybridized carbons (Fsp3) is 0.524. The van der Waals surface area contributed by atoms with Crippen LogP contribution in [0.2, 0.25) is 0 Å². The van der Waals surface area contributed by atoms with Crippen LogP contribution in [0.1, 0.15) is 26.7 Å². The normalized spacial score (nSPS) is 18.4. The highest BCUT2D eigenvalue weighted by molar-refractivity contribution is 5.61. The highest BCUT2D eigenvalue weighted by Crippen LogP contribution is 2.32. The summed E-state index contributed by atoms with van der Waals surface area (Å²) >= 11 is 0. The molecule has 0 unspecified atom stereocenters. The number of piperidine rings is 1. The van der Waals surface area contributed by atoms with Gasteiger partial charge in [0.15, 0.2) is 5.79 Å². The second kappa shape index (κ2) is 8.32. The van der Waals surface area contributed by atoms with Crippen molar-refractivity contribution >= 4 is 23.1 Å². The molecule has 2 aromatic rings. The molecule has 0 saturated carbocycles. The summed E-state index contributed by atoms with van der Waals surface area (Å²) in [5.41, 5.74) is 2.25. The van der Waals surface area contributed by atoms with Crippen LogP contribution in [-0.4, -0.2) is 55.1 Å². The zero-order valence-corrected chi connectivity index (χ0v) is 16.7. The summed E-state index contributed by atoms with van der Waals surface area (Å²) in [6.07, 6.45) is 3.50. The summed E-state index contributed by atoms with van der Waals surface area (Å²) in [6.45, 7) is 9.42. The molecule has 2 fully saturated rings. The first-order valence-corrected chi connectivity index (χ1v) is 10.2. The van der Waals surface area contributed by atoms with E-state index in [1.165, 1.54) is 5.69 Å². The second-order valence-electron chi connectivity index (χ2n) is 7.18. The Kier molecular flexibility index (Phi) is 5.64. The largest absolute Gasteiger partial charge is 0.372 e. The van der Waals surface area contributed by atoms with Gasteiger partial charge in [-0.25, -0.2) is 4.98 Å². The fourth-order valence-electron chi connectivity index (χ4n) is 3.90. The molecule has 3 heterocycles. The van der Waals surface area contributed by atoms with Gasteiger partial charge in [0, 0.05) is 56.6 Å². The van der Waals surface area contributed by atoms with E-state index in [1.54, 1.807) is 0 Å². The Labute approximate surface area is 166 Å². The lowest BCUT2D eigenvalue weighted by molar-refractivity contribution is -0.169. The average molecular weight is 383 g/mol. The molecule has 28 heavy (non-hydrogen) atoms. The maximum atomic E-state index is 5.81. The molecule has 2 aliphatic rings. The molecule has 0 bridgehead atoms. The molecule has 2 saturated heterocycles. The van der Waals surface area contributed by atoms with Gasteiger partial charge >= 0.3 is 0 Å². The fourth-order valence-corrected chi connectivity index (χ4v) is 3.90. The van der Waals surface area contributed by atoms with Crippen molar-refractivity contribution in [2.45, 2.75) is 32.5 Å². The van der Waals surface area contributed by atoms with E-state index in [-0.39, 0.29) is 5.79 Å². The van der Waals surface area contributed by atoms with Gasteiger partial charge in [-0.3, -0.25) is 0 Å². The number of nitrogens with zero attached hydrogens (tertiary/aromatic N) is 4. The van der Waals surface area contributed by atoms with Gasteiger partial charge in [-0.15, -0.1) is 0 Å². The van der Waals surface area contributed by atoms with Crippen molar-refractivity contribution in [2.24, 2.45) is 0 Å². The van der Waals surface area contributed by atoms with Gasteiger partial charge in [0.05, 0.1) is 13.2 Å². The van der Waals surface area contributed by atoms with Crippen molar-refractivity contribution in [1.29, 1.82) is 0 Å². The molecule has 2 aliphatic heterocycles. The van der Waals surface area contributed by atoms with Crippen molar-refractivity contribution in [3.05, 3.63) is 36.5 Å². The van der Waals surface area contributed by atoms with Crippen LogP contribution < -0.4 is 15.1 Å². The number of anilines is 4. The maximum absolute atomic E-state index is 5.81. The van der Waals surface area contributed by atoms with Crippen LogP contribution in [0.25, 0.3) is 0 Å². The zero-order valence-electron chi connectivity index (χ0n) is 16.7. The van der Waals surface area contributed by atoms with E-state index in [0.717, 1.165) is 56.5 Å². The predicted molar refractivity (Wildman–Crippen MR) is 111 cm³/mol. The van der Waals surface area contributed by atoms with Crippen LogP contribution in [0.15, 0.2) is 36.5 Å². The van der Waals surface area contributed by atoms with Gasteiger partial charge in [0.1, 0.15) is 5.82 Å². The highest BCUT2D eigenvalue weighted by atomic mass is 16.7. The number of rotatable bonds is 6. The summed E-state index contributed by atoms with van der Waals surface area (Å²) in [7, 11) is 0. The van der Waals surface area contributed by atoms with Crippen molar-refractivity contribution in [2.75, 3.05) is 54.5 Å². The van der Waals surface area contributed by atoms with Crippen LogP contribution in [-0.2, 0) is 9.47 Å². The Morgan fingerprint density at radius 2 is 1.71 bits per heavy atom. The van der Waals surface area contributed by atoms with E-state index in [2.05, 4.69) is 58.2 Å². The molecule has 0 radical (unpaired) electrons. The van der Waals surface area contributed by atoms with E-state index in [1.807, 2.05) is 12.3 Å². The third-order valence-corrected chi connectivity index (χ3v) is 5.53. The number of hydrogen-bond acceptors (Lipinski definition) is 7. The quantitative estimate of drug-likeness (QED) is 0.820. The SMILES string of the molecule is CCN(CC)c1ccc(Nc2ccnc(N3CCC4(CC3)OCCO4)n2)cc1. The second-order valence-corrected chi connectivity index (χ2v) is 7.18. The first-order valence-electron chi connectivity index (χ1n) is 10.2. The molecule has 1 spiro atoms. The lowest BCUT2D eigenvalue weighted by Crippen LogP contribution is -2.45. The standard InChI is InChI=1S/C21H29N5O2/c1-3-25(4-2)18-7-5-17(6-8-18)23-19-9-12-22-20(24-19)26-13-10-21(11-14-26)27-15-16-28-21/h5-9,12H,3-4,10-11,13-16H2,1-2H3,(H,22,23,24). The monoisotopic (exact) mass is 383 g/mol. The molecule has 7 heteroatoms. The van der Waals surface area contributed by atoms with Crippen molar-refractivity contribution in [1.82, 2.24) is 9.97 Å². The van der Waals surface area contributed by atoms with Crippen LogP contribution in [0.4, 0.5) is 23.1 Å². The number of benzene rings is 1. The molecule has 0 atom stereocenters. The minimum absolute atomic E-state index is 0.376. The van der Waals surface area contributed by atoms with Gasteiger partial charge < -0.3 is 24.6 Å². The summed E-state index contributed by atoms with van der Waals surface area (Å²) in [6, 6.07) is 10.4. The molecule has 0 aliphatic carbocycles. The first-order chi connectivity index (χ1) is 13.7. The van der Waals surface area contributed by atoms with Crippen molar-refractivity contribution < 1.29 is 9.47 Å². The Morgan fingerprint density at radius 3 is 2.36 bits per heavy atom. The minimum atomic E-state index is -0.376. The Hall–Kier alpha value is -2.38. The van der Waals surface area contributed by atoms with E-state index in [9.17, 15) is 0 Å². The van der Waals surface area contributed by atoms with Crippen LogP contribution in [0, 0.1) is 0 Å². The minimum Gasteiger partial charge on any atom is -0.372 e. The molecule has 1 aromatic carbocycles. The molecule has 0 amide bonds. The zero-order chi connectivity index (χ0) is 19.4. The predicted octanol–water partition coefficient (Wildman–Crippen LogP) is 3.41. The Morgan fingerprint density at radius 1 is 1.04 bits per heavy atom. The number of nitrogens with one attached hydrogen (secondary N) is 1. The lowest BCUT2D eigenvalue weighted by atomic mass is 10.0. The topological polar surface area (TPSA) is 62.8 Å². The van der Waals surface area contributed by atoms with E-state index in [4.69, 9.17) is 14.5 Å². The van der Waals surface area contributed by atoms with Gasteiger partial charge in [-0.2, -0.15) is 4.98 Å². The van der Waals surface area contributed by atoms with E-state index < -0.39 is 0 Å². The number of aromatic nitrogens is 2. The first kappa shape index (κ1) is 19.0. The Balaban J connectivity index is 1.40. The smallest absolute Gasteiger partial charge is 0.227 e. The molecule has 150 valence electrons. The molecular formula is C21H29N5O2. The van der Waals surface area contributed by atoms with Gasteiger partial charge in [-0.05, 0) is 44.2 Å². The molecule has 4 rings (SSSR count). The van der Waals surface area contributed by atoms with Gasteiger partial charge in [0.2, 0.25) is 5.95 Å². The maximum Gasteiger partial charge on any atom is 0.227 e. The summed E-state index contributed by atoms with van der Waals surface area (Å²) in [5, 5.41) is 3.39. The van der Waals surface area contributed by atoms with Gasteiger partial charge in [-0.1, -0.05) is 0 Å². The number of ether oxygens (including phenoxy) is 2. The average Bonchev–Trinajstić information content (AvgIpc) is 3.19. The van der Waals surface area contributed by atoms with E-state index >= 15 is 0 Å².